The Kier molecular flexibility index (Phi) is 3.62. The predicted octanol–water partition coefficient (Wildman–Crippen LogP) is 1.60. The van der Waals surface area contributed by atoms with Crippen LogP contribution in [0.4, 0.5) is 0 Å². The van der Waals surface area contributed by atoms with Crippen molar-refractivity contribution >= 4 is 5.97 Å². The number of nitrogens with zero attached hydrogens (tertiary/aromatic N) is 2. The minimum atomic E-state index is -0.714. The maximum Gasteiger partial charge on any atom is 0.309 e. The number of hydrogen-bond acceptors (Lipinski definition) is 4. The lowest BCUT2D eigenvalue weighted by atomic mass is 9.99. The normalized spacial score (nSPS) is 15.7. The molecule has 21 heavy (non-hydrogen) atoms. The standard InChI is InChI=1S/C15H17N3O3/c1-21-13-4-2-10(3-5-13)14-11(6-16-17-14)7-18-8-12(9-18)15(19)20/h2-6,12H,7-9H2,1H3,(H,16,17)(H,19,20). The van der Waals surface area contributed by atoms with Crippen LogP contribution in [0.1, 0.15) is 5.56 Å². The van der Waals surface area contributed by atoms with Crippen LogP contribution in [-0.4, -0.2) is 46.4 Å². The van der Waals surface area contributed by atoms with E-state index >= 15 is 0 Å². The molecule has 2 N–H and O–H groups in total. The van der Waals surface area contributed by atoms with Crippen LogP contribution in [-0.2, 0) is 11.3 Å². The van der Waals surface area contributed by atoms with Gasteiger partial charge >= 0.3 is 5.97 Å². The van der Waals surface area contributed by atoms with Gasteiger partial charge in [-0.3, -0.25) is 14.8 Å². The molecular formula is C15H17N3O3. The van der Waals surface area contributed by atoms with Gasteiger partial charge in [0.15, 0.2) is 0 Å². The van der Waals surface area contributed by atoms with Crippen LogP contribution in [0.15, 0.2) is 30.5 Å². The third kappa shape index (κ3) is 2.75. The number of benzene rings is 1. The minimum absolute atomic E-state index is 0.235. The molecule has 0 atom stereocenters. The minimum Gasteiger partial charge on any atom is -0.497 e. The van der Waals surface area contributed by atoms with Crippen LogP contribution in [0.25, 0.3) is 11.3 Å². The number of likely N-dealkylation sites (tertiary alicyclic amines) is 1. The second-order valence-corrected chi connectivity index (χ2v) is 5.23. The Balaban J connectivity index is 1.71. The van der Waals surface area contributed by atoms with Gasteiger partial charge in [-0.15, -0.1) is 0 Å². The molecule has 1 fully saturated rings. The zero-order chi connectivity index (χ0) is 14.8. The third-order valence-corrected chi connectivity index (χ3v) is 3.80. The highest BCUT2D eigenvalue weighted by Gasteiger charge is 2.32. The summed E-state index contributed by atoms with van der Waals surface area (Å²) < 4.78 is 5.15. The van der Waals surface area contributed by atoms with Crippen molar-refractivity contribution in [3.8, 4) is 17.0 Å². The number of methoxy groups -OCH3 is 1. The summed E-state index contributed by atoms with van der Waals surface area (Å²) in [6.07, 6.45) is 1.80. The topological polar surface area (TPSA) is 78.5 Å². The van der Waals surface area contributed by atoms with Crippen molar-refractivity contribution in [2.24, 2.45) is 5.92 Å². The fraction of sp³-hybridized carbons (Fsp3) is 0.333. The summed E-state index contributed by atoms with van der Waals surface area (Å²) in [7, 11) is 1.64. The van der Waals surface area contributed by atoms with Gasteiger partial charge in [0.1, 0.15) is 5.75 Å². The number of aliphatic carboxylic acids is 1. The highest BCUT2D eigenvalue weighted by Crippen LogP contribution is 2.26. The number of ether oxygens (including phenoxy) is 1. The average Bonchev–Trinajstić information content (AvgIpc) is 2.90. The number of rotatable bonds is 5. The Morgan fingerprint density at radius 3 is 2.76 bits per heavy atom. The van der Waals surface area contributed by atoms with E-state index in [0.29, 0.717) is 19.6 Å². The predicted molar refractivity (Wildman–Crippen MR) is 77.0 cm³/mol. The Hall–Kier alpha value is -2.34. The van der Waals surface area contributed by atoms with Crippen molar-refractivity contribution in [3.63, 3.8) is 0 Å². The van der Waals surface area contributed by atoms with E-state index in [1.165, 1.54) is 0 Å². The molecular weight excluding hydrogens is 270 g/mol. The van der Waals surface area contributed by atoms with Crippen LogP contribution in [0.3, 0.4) is 0 Å². The van der Waals surface area contributed by atoms with Gasteiger partial charge in [0.25, 0.3) is 0 Å². The number of aromatic nitrogens is 2. The molecule has 0 aliphatic carbocycles. The van der Waals surface area contributed by atoms with Crippen molar-refractivity contribution in [1.82, 2.24) is 15.1 Å². The maximum atomic E-state index is 10.8. The number of carbonyl (C=O) groups is 1. The lowest BCUT2D eigenvalue weighted by Crippen LogP contribution is -2.49. The molecule has 110 valence electrons. The lowest BCUT2D eigenvalue weighted by Gasteiger charge is -2.36. The second-order valence-electron chi connectivity index (χ2n) is 5.23. The fourth-order valence-electron chi connectivity index (χ4n) is 2.53. The molecule has 0 radical (unpaired) electrons. The quantitative estimate of drug-likeness (QED) is 0.873. The lowest BCUT2D eigenvalue weighted by molar-refractivity contribution is -0.147. The smallest absolute Gasteiger partial charge is 0.309 e. The largest absolute Gasteiger partial charge is 0.497 e. The molecule has 0 amide bonds. The maximum absolute atomic E-state index is 10.8. The van der Waals surface area contributed by atoms with E-state index in [4.69, 9.17) is 9.84 Å². The monoisotopic (exact) mass is 287 g/mol. The number of carboxylic acids is 1. The molecule has 0 spiro atoms. The number of nitrogens with one attached hydrogen (secondary N) is 1. The van der Waals surface area contributed by atoms with Crippen LogP contribution in [0.2, 0.25) is 0 Å². The number of carboxylic acid groups (broad SMARTS) is 1. The molecule has 6 heteroatoms. The van der Waals surface area contributed by atoms with Crippen molar-refractivity contribution in [3.05, 3.63) is 36.0 Å². The Morgan fingerprint density at radius 1 is 1.43 bits per heavy atom. The molecule has 3 rings (SSSR count). The van der Waals surface area contributed by atoms with E-state index in [9.17, 15) is 4.79 Å². The van der Waals surface area contributed by atoms with Crippen molar-refractivity contribution in [2.75, 3.05) is 20.2 Å². The Labute approximate surface area is 122 Å². The average molecular weight is 287 g/mol. The van der Waals surface area contributed by atoms with Gasteiger partial charge in [0.05, 0.1) is 24.9 Å². The zero-order valence-corrected chi connectivity index (χ0v) is 11.7. The first-order valence-electron chi connectivity index (χ1n) is 6.79. The fourth-order valence-corrected chi connectivity index (χ4v) is 2.53. The van der Waals surface area contributed by atoms with E-state index in [1.807, 2.05) is 24.3 Å². The summed E-state index contributed by atoms with van der Waals surface area (Å²) in [6.45, 7) is 1.91. The summed E-state index contributed by atoms with van der Waals surface area (Å²) in [6, 6.07) is 7.77. The van der Waals surface area contributed by atoms with Crippen molar-refractivity contribution in [1.29, 1.82) is 0 Å². The molecule has 1 aromatic heterocycles. The van der Waals surface area contributed by atoms with Gasteiger partial charge < -0.3 is 9.84 Å². The van der Waals surface area contributed by atoms with E-state index in [0.717, 1.165) is 22.6 Å². The molecule has 1 aliphatic heterocycles. The number of H-pyrrole nitrogens is 1. The zero-order valence-electron chi connectivity index (χ0n) is 11.7. The van der Waals surface area contributed by atoms with Crippen LogP contribution < -0.4 is 4.74 Å². The summed E-state index contributed by atoms with van der Waals surface area (Å²) in [4.78, 5) is 12.9. The first kappa shape index (κ1) is 13.6. The molecule has 0 bridgehead atoms. The molecule has 1 aromatic carbocycles. The molecule has 1 aliphatic rings. The van der Waals surface area contributed by atoms with E-state index < -0.39 is 5.97 Å². The number of hydrogen-bond donors (Lipinski definition) is 2. The molecule has 2 aromatic rings. The van der Waals surface area contributed by atoms with Gasteiger partial charge in [-0.1, -0.05) is 0 Å². The summed E-state index contributed by atoms with van der Waals surface area (Å²) in [5.74, 6) is -0.137. The van der Waals surface area contributed by atoms with E-state index in [1.54, 1.807) is 13.3 Å². The summed E-state index contributed by atoms with van der Waals surface area (Å²) >= 11 is 0. The summed E-state index contributed by atoms with van der Waals surface area (Å²) in [5, 5.41) is 16.0. The Morgan fingerprint density at radius 2 is 2.14 bits per heavy atom. The van der Waals surface area contributed by atoms with Crippen LogP contribution in [0, 0.1) is 5.92 Å². The third-order valence-electron chi connectivity index (χ3n) is 3.80. The van der Waals surface area contributed by atoms with E-state index in [-0.39, 0.29) is 5.92 Å². The van der Waals surface area contributed by atoms with Crippen molar-refractivity contribution < 1.29 is 14.6 Å². The summed E-state index contributed by atoms with van der Waals surface area (Å²) in [5.41, 5.74) is 3.08. The van der Waals surface area contributed by atoms with Gasteiger partial charge in [-0.25, -0.2) is 0 Å². The molecule has 2 heterocycles. The first-order chi connectivity index (χ1) is 10.2. The van der Waals surface area contributed by atoms with Gasteiger partial charge in [0.2, 0.25) is 0 Å². The first-order valence-corrected chi connectivity index (χ1v) is 6.79. The van der Waals surface area contributed by atoms with Crippen molar-refractivity contribution in [2.45, 2.75) is 6.54 Å². The van der Waals surface area contributed by atoms with E-state index in [2.05, 4.69) is 15.1 Å². The highest BCUT2D eigenvalue weighted by molar-refractivity contribution is 5.71. The van der Waals surface area contributed by atoms with Gasteiger partial charge in [-0.05, 0) is 24.3 Å². The molecule has 1 saturated heterocycles. The molecule has 0 unspecified atom stereocenters. The SMILES string of the molecule is COc1ccc(-c2[nH]ncc2CN2CC(C(=O)O)C2)cc1. The highest BCUT2D eigenvalue weighted by atomic mass is 16.5. The molecule has 6 nitrogen and oxygen atoms in total. The molecule has 0 saturated carbocycles. The van der Waals surface area contributed by atoms with Crippen LogP contribution in [0.5, 0.6) is 5.75 Å². The van der Waals surface area contributed by atoms with Gasteiger partial charge in [0, 0.05) is 30.8 Å². The van der Waals surface area contributed by atoms with Gasteiger partial charge in [-0.2, -0.15) is 5.10 Å². The Bertz CT molecular complexity index is 630. The second kappa shape index (κ2) is 5.57. The number of aromatic amines is 1. The van der Waals surface area contributed by atoms with Crippen LogP contribution >= 0.6 is 0 Å².